The van der Waals surface area contributed by atoms with Crippen LogP contribution in [0.25, 0.3) is 28.4 Å². The number of ether oxygens (including phenoxy) is 1. The number of hydrogen-bond acceptors (Lipinski definition) is 4. The average molecular weight is 316 g/mol. The molecule has 0 atom stereocenters. The quantitative estimate of drug-likeness (QED) is 0.577. The Hall–Kier alpha value is -3.21. The van der Waals surface area contributed by atoms with Gasteiger partial charge in [0.15, 0.2) is 5.82 Å². The Bertz CT molecular complexity index is 988. The van der Waals surface area contributed by atoms with Crippen molar-refractivity contribution >= 4 is 5.78 Å². The van der Waals surface area contributed by atoms with Gasteiger partial charge in [0, 0.05) is 17.3 Å². The fraction of sp³-hybridized carbons (Fsp3) is 0.105. The number of nitrogens with zero attached hydrogens (tertiary/aromatic N) is 4. The summed E-state index contributed by atoms with van der Waals surface area (Å²) < 4.78 is 6.97. The second-order valence-corrected chi connectivity index (χ2v) is 5.57. The highest BCUT2D eigenvalue weighted by atomic mass is 16.5. The van der Waals surface area contributed by atoms with E-state index in [9.17, 15) is 0 Å². The van der Waals surface area contributed by atoms with Gasteiger partial charge in [0.05, 0.1) is 12.8 Å². The number of hydrogen-bond donors (Lipinski definition) is 0. The van der Waals surface area contributed by atoms with Crippen LogP contribution in [0.15, 0.2) is 60.8 Å². The molecule has 118 valence electrons. The van der Waals surface area contributed by atoms with E-state index in [0.717, 1.165) is 22.6 Å². The first-order valence-electron chi connectivity index (χ1n) is 7.68. The van der Waals surface area contributed by atoms with E-state index in [1.165, 1.54) is 5.56 Å². The largest absolute Gasteiger partial charge is 0.497 e. The van der Waals surface area contributed by atoms with Gasteiger partial charge in [-0.05, 0) is 37.3 Å². The predicted molar refractivity (Wildman–Crippen MR) is 92.9 cm³/mol. The lowest BCUT2D eigenvalue weighted by Gasteiger charge is -2.03. The monoisotopic (exact) mass is 316 g/mol. The highest BCUT2D eigenvalue weighted by molar-refractivity contribution is 5.64. The lowest BCUT2D eigenvalue weighted by atomic mass is 10.1. The van der Waals surface area contributed by atoms with Crippen molar-refractivity contribution < 1.29 is 4.74 Å². The first-order valence-corrected chi connectivity index (χ1v) is 7.68. The molecule has 5 heteroatoms. The lowest BCUT2D eigenvalue weighted by molar-refractivity contribution is 0.415. The third-order valence-corrected chi connectivity index (χ3v) is 3.94. The van der Waals surface area contributed by atoms with Crippen molar-refractivity contribution in [3.63, 3.8) is 0 Å². The van der Waals surface area contributed by atoms with Crippen molar-refractivity contribution in [3.8, 4) is 28.4 Å². The smallest absolute Gasteiger partial charge is 0.253 e. The van der Waals surface area contributed by atoms with Gasteiger partial charge in [0.25, 0.3) is 5.78 Å². The van der Waals surface area contributed by atoms with E-state index in [2.05, 4.69) is 46.3 Å². The van der Waals surface area contributed by atoms with E-state index >= 15 is 0 Å². The number of fused-ring (bicyclic) bond motifs is 1. The molecule has 0 aliphatic heterocycles. The second kappa shape index (κ2) is 5.77. The number of aryl methyl sites for hydroxylation is 1. The molecule has 0 spiro atoms. The van der Waals surface area contributed by atoms with Gasteiger partial charge < -0.3 is 4.74 Å². The third-order valence-electron chi connectivity index (χ3n) is 3.94. The fourth-order valence-electron chi connectivity index (χ4n) is 2.60. The maximum atomic E-state index is 5.19. The van der Waals surface area contributed by atoms with E-state index in [4.69, 9.17) is 4.74 Å². The summed E-state index contributed by atoms with van der Waals surface area (Å²) in [6.45, 7) is 2.07. The van der Waals surface area contributed by atoms with Crippen LogP contribution in [0.2, 0.25) is 0 Å². The van der Waals surface area contributed by atoms with Crippen molar-refractivity contribution in [1.29, 1.82) is 0 Å². The summed E-state index contributed by atoms with van der Waals surface area (Å²) in [6, 6.07) is 18.0. The molecule has 2 aromatic heterocycles. The van der Waals surface area contributed by atoms with Gasteiger partial charge >= 0.3 is 0 Å². The fourth-order valence-corrected chi connectivity index (χ4v) is 2.60. The molecule has 0 fully saturated rings. The molecule has 0 aliphatic rings. The van der Waals surface area contributed by atoms with Crippen LogP contribution >= 0.6 is 0 Å². The first kappa shape index (κ1) is 14.4. The Kier molecular flexibility index (Phi) is 3.46. The molecule has 4 aromatic rings. The molecule has 4 rings (SSSR count). The topological polar surface area (TPSA) is 52.3 Å². The van der Waals surface area contributed by atoms with Crippen molar-refractivity contribution in [2.45, 2.75) is 6.92 Å². The Morgan fingerprint density at radius 2 is 1.58 bits per heavy atom. The summed E-state index contributed by atoms with van der Waals surface area (Å²) in [7, 11) is 1.65. The van der Waals surface area contributed by atoms with Crippen LogP contribution < -0.4 is 4.74 Å². The minimum absolute atomic E-state index is 0.582. The predicted octanol–water partition coefficient (Wildman–Crippen LogP) is 3.78. The molecule has 24 heavy (non-hydrogen) atoms. The molecular weight excluding hydrogens is 300 g/mol. The molecule has 2 aromatic carbocycles. The Balaban J connectivity index is 1.83. The van der Waals surface area contributed by atoms with Gasteiger partial charge in [-0.15, -0.1) is 5.10 Å². The van der Waals surface area contributed by atoms with Crippen molar-refractivity contribution in [2.75, 3.05) is 7.11 Å². The minimum Gasteiger partial charge on any atom is -0.497 e. The number of aromatic nitrogens is 4. The zero-order valence-corrected chi connectivity index (χ0v) is 13.5. The van der Waals surface area contributed by atoms with Crippen molar-refractivity contribution in [2.24, 2.45) is 0 Å². The maximum absolute atomic E-state index is 5.19. The highest BCUT2D eigenvalue weighted by Gasteiger charge is 2.11. The first-order chi connectivity index (χ1) is 11.7. The van der Waals surface area contributed by atoms with Crippen molar-refractivity contribution in [3.05, 3.63) is 66.4 Å². The molecular formula is C19H16N4O. The lowest BCUT2D eigenvalue weighted by Crippen LogP contribution is -1.95. The Morgan fingerprint density at radius 3 is 2.29 bits per heavy atom. The van der Waals surface area contributed by atoms with E-state index in [-0.39, 0.29) is 0 Å². The summed E-state index contributed by atoms with van der Waals surface area (Å²) in [5, 5.41) is 4.64. The molecule has 0 aliphatic carbocycles. The van der Waals surface area contributed by atoms with E-state index < -0.39 is 0 Å². The van der Waals surface area contributed by atoms with Crippen molar-refractivity contribution in [1.82, 2.24) is 19.6 Å². The standard InChI is InChI=1S/C19H16N4O/c1-13-3-5-14(6-4-13)17-11-12-20-19-21-18(22-23(17)19)15-7-9-16(24-2)10-8-15/h3-12H,1-2H3. The second-order valence-electron chi connectivity index (χ2n) is 5.57. The minimum atomic E-state index is 0.582. The average Bonchev–Trinajstić information content (AvgIpc) is 3.07. The highest BCUT2D eigenvalue weighted by Crippen LogP contribution is 2.23. The summed E-state index contributed by atoms with van der Waals surface area (Å²) >= 11 is 0. The Labute approximate surface area is 139 Å². The molecule has 0 radical (unpaired) electrons. The van der Waals surface area contributed by atoms with Crippen LogP contribution in [0.4, 0.5) is 0 Å². The van der Waals surface area contributed by atoms with Gasteiger partial charge in [-0.25, -0.2) is 4.98 Å². The SMILES string of the molecule is COc1ccc(-c2nc3nccc(-c4ccc(C)cc4)n3n2)cc1. The summed E-state index contributed by atoms with van der Waals surface area (Å²) in [5.74, 6) is 2.03. The van der Waals surface area contributed by atoms with Gasteiger partial charge in [-0.1, -0.05) is 29.8 Å². The van der Waals surface area contributed by atoms with Crippen LogP contribution in [0.1, 0.15) is 5.56 Å². The molecule has 0 N–H and O–H groups in total. The normalized spacial score (nSPS) is 10.9. The van der Waals surface area contributed by atoms with Gasteiger partial charge in [0.2, 0.25) is 0 Å². The third kappa shape index (κ3) is 2.50. The van der Waals surface area contributed by atoms with Gasteiger partial charge in [-0.3, -0.25) is 0 Å². The zero-order valence-electron chi connectivity index (χ0n) is 13.5. The molecule has 0 bridgehead atoms. The summed E-state index contributed by atoms with van der Waals surface area (Å²) in [4.78, 5) is 8.87. The van der Waals surface area contributed by atoms with Crippen LogP contribution in [0.5, 0.6) is 5.75 Å². The number of benzene rings is 2. The van der Waals surface area contributed by atoms with Gasteiger partial charge in [-0.2, -0.15) is 9.50 Å². The van der Waals surface area contributed by atoms with E-state index in [0.29, 0.717) is 11.6 Å². The molecule has 0 saturated carbocycles. The van der Waals surface area contributed by atoms with Gasteiger partial charge in [0.1, 0.15) is 5.75 Å². The zero-order chi connectivity index (χ0) is 16.5. The van der Waals surface area contributed by atoms with Crippen LogP contribution in [0.3, 0.4) is 0 Å². The maximum Gasteiger partial charge on any atom is 0.253 e. The van der Waals surface area contributed by atoms with Crippen LogP contribution in [-0.4, -0.2) is 26.7 Å². The number of methoxy groups -OCH3 is 1. The van der Waals surface area contributed by atoms with E-state index in [1.807, 2.05) is 30.3 Å². The Morgan fingerprint density at radius 1 is 0.875 bits per heavy atom. The summed E-state index contributed by atoms with van der Waals surface area (Å²) in [5.41, 5.74) is 4.20. The van der Waals surface area contributed by atoms with Crippen LogP contribution in [0, 0.1) is 6.92 Å². The summed E-state index contributed by atoms with van der Waals surface area (Å²) in [6.07, 6.45) is 1.76. The molecule has 0 saturated heterocycles. The molecule has 0 amide bonds. The van der Waals surface area contributed by atoms with E-state index in [1.54, 1.807) is 17.8 Å². The molecule has 2 heterocycles. The van der Waals surface area contributed by atoms with Crippen LogP contribution in [-0.2, 0) is 0 Å². The molecule has 0 unspecified atom stereocenters. The molecule has 5 nitrogen and oxygen atoms in total. The number of rotatable bonds is 3.